The van der Waals surface area contributed by atoms with Gasteiger partial charge in [-0.3, -0.25) is 9.78 Å². The van der Waals surface area contributed by atoms with Gasteiger partial charge in [-0.05, 0) is 25.0 Å². The molecule has 1 N–H and O–H groups in total. The van der Waals surface area contributed by atoms with Crippen molar-refractivity contribution in [1.82, 2.24) is 18.9 Å². The number of hydrogen-bond acceptors (Lipinski definition) is 4. The van der Waals surface area contributed by atoms with E-state index in [1.807, 2.05) is 0 Å². The lowest BCUT2D eigenvalue weighted by molar-refractivity contribution is 0.0705. The summed E-state index contributed by atoms with van der Waals surface area (Å²) in [4.78, 5) is 18.0. The largest absolute Gasteiger partial charge is 0.337 e. The molecule has 1 aromatic heterocycles. The Labute approximate surface area is 125 Å². The zero-order chi connectivity index (χ0) is 15.5. The van der Waals surface area contributed by atoms with E-state index in [-0.39, 0.29) is 11.9 Å². The van der Waals surface area contributed by atoms with Crippen LogP contribution >= 0.6 is 0 Å². The zero-order valence-corrected chi connectivity index (χ0v) is 13.0. The molecule has 0 unspecified atom stereocenters. The third-order valence-electron chi connectivity index (χ3n) is 3.46. The van der Waals surface area contributed by atoms with Gasteiger partial charge in [-0.1, -0.05) is 6.07 Å². The highest BCUT2D eigenvalue weighted by Crippen LogP contribution is 2.14. The Balaban J connectivity index is 1.91. The van der Waals surface area contributed by atoms with E-state index >= 15 is 0 Å². The third-order valence-corrected chi connectivity index (χ3v) is 5.06. The van der Waals surface area contributed by atoms with E-state index in [1.54, 1.807) is 29.3 Å². The fraction of sp³-hybridized carbons (Fsp3) is 0.538. The molecule has 0 saturated carbocycles. The molecular weight excluding hydrogens is 292 g/mol. The van der Waals surface area contributed by atoms with Gasteiger partial charge in [0, 0.05) is 39.4 Å². The average molecular weight is 312 g/mol. The van der Waals surface area contributed by atoms with E-state index in [9.17, 15) is 13.2 Å². The molecule has 1 aromatic rings. The molecule has 1 aliphatic rings. The number of hydrogen-bond donors (Lipinski definition) is 1. The van der Waals surface area contributed by atoms with E-state index in [0.29, 0.717) is 31.6 Å². The van der Waals surface area contributed by atoms with E-state index in [0.717, 1.165) is 4.31 Å². The predicted octanol–water partition coefficient (Wildman–Crippen LogP) is 0.0822. The molecule has 7 nitrogen and oxygen atoms in total. The highest BCUT2D eigenvalue weighted by Gasteiger charge is 2.27. The molecule has 1 fully saturated rings. The van der Waals surface area contributed by atoms with E-state index in [1.165, 1.54) is 14.1 Å². The van der Waals surface area contributed by atoms with Gasteiger partial charge in [0.25, 0.3) is 16.1 Å². The minimum absolute atomic E-state index is 0.107. The summed E-state index contributed by atoms with van der Waals surface area (Å²) in [6, 6.07) is 5.09. The SMILES string of the molecule is CN(C)S(=O)(=O)NC1CCN(C(=O)c2ccccn2)CC1. The number of carbonyl (C=O) groups excluding carboxylic acids is 1. The number of rotatable bonds is 4. The van der Waals surface area contributed by atoms with Crippen molar-refractivity contribution in [1.29, 1.82) is 0 Å². The van der Waals surface area contributed by atoms with Crippen LogP contribution in [0.1, 0.15) is 23.3 Å². The van der Waals surface area contributed by atoms with Crippen LogP contribution in [0.25, 0.3) is 0 Å². The van der Waals surface area contributed by atoms with Gasteiger partial charge >= 0.3 is 0 Å². The van der Waals surface area contributed by atoms with E-state index in [2.05, 4.69) is 9.71 Å². The summed E-state index contributed by atoms with van der Waals surface area (Å²) < 4.78 is 27.3. The Morgan fingerprint density at radius 3 is 2.52 bits per heavy atom. The lowest BCUT2D eigenvalue weighted by atomic mass is 10.1. The minimum Gasteiger partial charge on any atom is -0.337 e. The first-order valence-corrected chi connectivity index (χ1v) is 8.24. The van der Waals surface area contributed by atoms with Crippen LogP contribution in [0.15, 0.2) is 24.4 Å². The quantitative estimate of drug-likeness (QED) is 0.854. The maximum Gasteiger partial charge on any atom is 0.279 e. The predicted molar refractivity (Wildman–Crippen MR) is 78.9 cm³/mol. The first-order chi connectivity index (χ1) is 9.90. The number of piperidine rings is 1. The normalized spacial score (nSPS) is 17.2. The Bertz CT molecular complexity index is 581. The molecule has 1 amide bonds. The second kappa shape index (κ2) is 6.50. The van der Waals surface area contributed by atoms with Crippen molar-refractivity contribution in [3.05, 3.63) is 30.1 Å². The second-order valence-electron chi connectivity index (χ2n) is 5.19. The number of amides is 1. The van der Waals surface area contributed by atoms with Gasteiger partial charge in [-0.2, -0.15) is 17.4 Å². The molecule has 1 saturated heterocycles. The smallest absolute Gasteiger partial charge is 0.279 e. The third kappa shape index (κ3) is 3.99. The summed E-state index contributed by atoms with van der Waals surface area (Å²) in [6.45, 7) is 1.05. The molecule has 116 valence electrons. The molecule has 0 aliphatic carbocycles. The number of aromatic nitrogens is 1. The first kappa shape index (κ1) is 15.9. The van der Waals surface area contributed by atoms with Crippen LogP contribution in [0.3, 0.4) is 0 Å². The van der Waals surface area contributed by atoms with Crippen molar-refractivity contribution in [3.8, 4) is 0 Å². The molecule has 0 aromatic carbocycles. The number of nitrogens with one attached hydrogen (secondary N) is 1. The molecule has 2 heterocycles. The van der Waals surface area contributed by atoms with Crippen LogP contribution in [0, 0.1) is 0 Å². The zero-order valence-electron chi connectivity index (χ0n) is 12.2. The van der Waals surface area contributed by atoms with Crippen LogP contribution in [0.5, 0.6) is 0 Å². The Hall–Kier alpha value is -1.51. The lowest BCUT2D eigenvalue weighted by Crippen LogP contribution is -2.49. The molecule has 0 atom stereocenters. The van der Waals surface area contributed by atoms with Crippen LogP contribution in [0.2, 0.25) is 0 Å². The Morgan fingerprint density at radius 1 is 1.33 bits per heavy atom. The van der Waals surface area contributed by atoms with Crippen molar-refractivity contribution in [2.45, 2.75) is 18.9 Å². The summed E-state index contributed by atoms with van der Waals surface area (Å²) in [5.74, 6) is -0.107. The first-order valence-electron chi connectivity index (χ1n) is 6.80. The number of nitrogens with zero attached hydrogens (tertiary/aromatic N) is 3. The lowest BCUT2D eigenvalue weighted by Gasteiger charge is -2.32. The number of pyridine rings is 1. The van der Waals surface area contributed by atoms with E-state index in [4.69, 9.17) is 0 Å². The minimum atomic E-state index is -3.42. The molecule has 0 bridgehead atoms. The summed E-state index contributed by atoms with van der Waals surface area (Å²) in [7, 11) is -0.444. The van der Waals surface area contributed by atoms with Gasteiger partial charge in [-0.25, -0.2) is 0 Å². The van der Waals surface area contributed by atoms with Crippen LogP contribution in [0.4, 0.5) is 0 Å². The fourth-order valence-corrected chi connectivity index (χ4v) is 3.04. The van der Waals surface area contributed by atoms with Gasteiger partial charge in [0.05, 0.1) is 0 Å². The second-order valence-corrected chi connectivity index (χ2v) is 7.10. The van der Waals surface area contributed by atoms with Crippen molar-refractivity contribution >= 4 is 16.1 Å². The van der Waals surface area contributed by atoms with E-state index < -0.39 is 10.2 Å². The summed E-state index contributed by atoms with van der Waals surface area (Å²) in [5.41, 5.74) is 0.421. The highest BCUT2D eigenvalue weighted by atomic mass is 32.2. The van der Waals surface area contributed by atoms with Crippen molar-refractivity contribution in [3.63, 3.8) is 0 Å². The topological polar surface area (TPSA) is 82.6 Å². The van der Waals surface area contributed by atoms with Gasteiger partial charge in [0.2, 0.25) is 0 Å². The highest BCUT2D eigenvalue weighted by molar-refractivity contribution is 7.87. The number of carbonyl (C=O) groups is 1. The Kier molecular flexibility index (Phi) is 4.92. The van der Waals surface area contributed by atoms with Crippen LogP contribution in [-0.2, 0) is 10.2 Å². The van der Waals surface area contributed by atoms with Crippen molar-refractivity contribution in [2.75, 3.05) is 27.2 Å². The van der Waals surface area contributed by atoms with Gasteiger partial charge in [0.1, 0.15) is 5.69 Å². The van der Waals surface area contributed by atoms with Crippen LogP contribution in [-0.4, -0.2) is 61.7 Å². The maximum absolute atomic E-state index is 12.2. The summed E-state index contributed by atoms with van der Waals surface area (Å²) >= 11 is 0. The van der Waals surface area contributed by atoms with Crippen molar-refractivity contribution < 1.29 is 13.2 Å². The van der Waals surface area contributed by atoms with Gasteiger partial charge < -0.3 is 4.90 Å². The summed E-state index contributed by atoms with van der Waals surface area (Å²) in [5, 5.41) is 0. The Morgan fingerprint density at radius 2 is 2.00 bits per heavy atom. The molecule has 0 spiro atoms. The van der Waals surface area contributed by atoms with Gasteiger partial charge in [0.15, 0.2) is 0 Å². The monoisotopic (exact) mass is 312 g/mol. The van der Waals surface area contributed by atoms with Gasteiger partial charge in [-0.15, -0.1) is 0 Å². The number of likely N-dealkylation sites (tertiary alicyclic amines) is 1. The standard InChI is InChI=1S/C13H20N4O3S/c1-16(2)21(19,20)15-11-6-9-17(10-7-11)13(18)12-5-3-4-8-14-12/h3-5,8,11,15H,6-7,9-10H2,1-2H3. The molecule has 2 rings (SSSR count). The fourth-order valence-electron chi connectivity index (χ4n) is 2.17. The average Bonchev–Trinajstić information content (AvgIpc) is 2.48. The molecule has 0 radical (unpaired) electrons. The maximum atomic E-state index is 12.2. The molecule has 8 heteroatoms. The van der Waals surface area contributed by atoms with Crippen LogP contribution < -0.4 is 4.72 Å². The van der Waals surface area contributed by atoms with Crippen molar-refractivity contribution in [2.24, 2.45) is 0 Å². The molecule has 1 aliphatic heterocycles. The summed E-state index contributed by atoms with van der Waals surface area (Å²) in [6.07, 6.45) is 2.79. The molecular formula is C13H20N4O3S. The molecule has 21 heavy (non-hydrogen) atoms.